The van der Waals surface area contributed by atoms with Crippen LogP contribution in [0.15, 0.2) is 12.4 Å². The maximum atomic E-state index is 8.57. The van der Waals surface area contributed by atoms with Crippen molar-refractivity contribution in [1.82, 2.24) is 9.78 Å². The van der Waals surface area contributed by atoms with Crippen molar-refractivity contribution in [3.63, 3.8) is 0 Å². The lowest BCUT2D eigenvalue weighted by atomic mass is 9.88. The maximum absolute atomic E-state index is 8.57. The van der Waals surface area contributed by atoms with E-state index in [1.165, 1.54) is 0 Å². The second-order valence-corrected chi connectivity index (χ2v) is 4.76. The molecule has 1 aromatic rings. The normalized spacial score (nSPS) is 11.1. The fourth-order valence-corrected chi connectivity index (χ4v) is 1.45. The molecule has 4 heteroatoms. The van der Waals surface area contributed by atoms with Crippen molar-refractivity contribution in [2.75, 3.05) is 11.9 Å². The molecule has 0 unspecified atom stereocenters. The second kappa shape index (κ2) is 5.55. The summed E-state index contributed by atoms with van der Waals surface area (Å²) in [4.78, 5) is 0. The molecule has 1 heterocycles. The summed E-state index contributed by atoms with van der Waals surface area (Å²) in [6, 6.07) is 2.19. The van der Waals surface area contributed by atoms with E-state index in [1.807, 2.05) is 17.1 Å². The van der Waals surface area contributed by atoms with Gasteiger partial charge in [0.2, 0.25) is 0 Å². The molecule has 88 valence electrons. The molecule has 0 radical (unpaired) electrons. The summed E-state index contributed by atoms with van der Waals surface area (Å²) in [5.74, 6) is 0. The number of nitrogens with one attached hydrogen (secondary N) is 1. The van der Waals surface area contributed by atoms with Gasteiger partial charge in [-0.25, -0.2) is 0 Å². The van der Waals surface area contributed by atoms with E-state index < -0.39 is 0 Å². The fourth-order valence-electron chi connectivity index (χ4n) is 1.45. The zero-order chi connectivity index (χ0) is 12.0. The Morgan fingerprint density at radius 2 is 2.31 bits per heavy atom. The molecule has 0 aliphatic rings. The summed E-state index contributed by atoms with van der Waals surface area (Å²) in [7, 11) is 0. The number of rotatable bonds is 6. The van der Waals surface area contributed by atoms with Crippen molar-refractivity contribution in [2.45, 2.75) is 40.2 Å². The van der Waals surface area contributed by atoms with E-state index >= 15 is 0 Å². The van der Waals surface area contributed by atoms with Gasteiger partial charge in [-0.05, 0) is 18.8 Å². The molecule has 0 bridgehead atoms. The molecule has 0 fully saturated rings. The molecule has 0 aliphatic carbocycles. The summed E-state index contributed by atoms with van der Waals surface area (Å²) in [6.07, 6.45) is 5.37. The smallest absolute Gasteiger partial charge is 0.0726 e. The van der Waals surface area contributed by atoms with Crippen LogP contribution in [-0.2, 0) is 6.54 Å². The van der Waals surface area contributed by atoms with Crippen molar-refractivity contribution in [1.29, 1.82) is 5.26 Å². The molecule has 0 saturated carbocycles. The van der Waals surface area contributed by atoms with Gasteiger partial charge in [0.25, 0.3) is 0 Å². The highest BCUT2D eigenvalue weighted by Crippen LogP contribution is 2.22. The third kappa shape index (κ3) is 3.93. The average Bonchev–Trinajstić information content (AvgIpc) is 2.72. The van der Waals surface area contributed by atoms with E-state index in [0.717, 1.165) is 25.2 Å². The Labute approximate surface area is 97.3 Å². The van der Waals surface area contributed by atoms with Gasteiger partial charge in [0.15, 0.2) is 0 Å². The minimum absolute atomic E-state index is 0.143. The molecule has 1 N–H and O–H groups in total. The molecule has 0 saturated heterocycles. The predicted octanol–water partition coefficient (Wildman–Crippen LogP) is 2.64. The Hall–Kier alpha value is -1.50. The predicted molar refractivity (Wildman–Crippen MR) is 65.0 cm³/mol. The molecule has 1 rings (SSSR count). The Morgan fingerprint density at radius 1 is 1.56 bits per heavy atom. The van der Waals surface area contributed by atoms with Crippen LogP contribution in [0, 0.1) is 16.7 Å². The largest absolute Gasteiger partial charge is 0.382 e. The fraction of sp³-hybridized carbons (Fsp3) is 0.667. The van der Waals surface area contributed by atoms with Gasteiger partial charge in [0.1, 0.15) is 0 Å². The lowest BCUT2D eigenvalue weighted by molar-refractivity contribution is 0.364. The van der Waals surface area contributed by atoms with Gasteiger partial charge in [-0.1, -0.05) is 13.8 Å². The molecule has 4 nitrogen and oxygen atoms in total. The Bertz CT molecular complexity index is 359. The lowest BCUT2D eigenvalue weighted by Gasteiger charge is -2.23. The Kier molecular flexibility index (Phi) is 4.36. The molecular formula is C12H20N4. The number of anilines is 1. The minimum Gasteiger partial charge on any atom is -0.382 e. The summed E-state index contributed by atoms with van der Waals surface area (Å²) in [6.45, 7) is 8.15. The van der Waals surface area contributed by atoms with Crippen LogP contribution in [0.25, 0.3) is 0 Å². The first-order valence-electron chi connectivity index (χ1n) is 5.70. The Morgan fingerprint density at radius 3 is 2.88 bits per heavy atom. The monoisotopic (exact) mass is 220 g/mol. The number of nitrogens with zero attached hydrogens (tertiary/aromatic N) is 3. The van der Waals surface area contributed by atoms with Gasteiger partial charge >= 0.3 is 0 Å². The van der Waals surface area contributed by atoms with Gasteiger partial charge in [0.05, 0.1) is 18.0 Å². The van der Waals surface area contributed by atoms with E-state index in [1.54, 1.807) is 0 Å². The first-order valence-corrected chi connectivity index (χ1v) is 5.70. The van der Waals surface area contributed by atoms with E-state index in [-0.39, 0.29) is 5.41 Å². The van der Waals surface area contributed by atoms with Crippen molar-refractivity contribution in [2.24, 2.45) is 5.41 Å². The summed E-state index contributed by atoms with van der Waals surface area (Å²) in [5.41, 5.74) is 1.19. The van der Waals surface area contributed by atoms with E-state index in [9.17, 15) is 0 Å². The average molecular weight is 220 g/mol. The Balaban J connectivity index is 2.41. The first kappa shape index (κ1) is 12.6. The van der Waals surface area contributed by atoms with E-state index in [4.69, 9.17) is 5.26 Å². The molecule has 0 amide bonds. The van der Waals surface area contributed by atoms with Crippen LogP contribution in [-0.4, -0.2) is 16.3 Å². The zero-order valence-corrected chi connectivity index (χ0v) is 10.3. The SMILES string of the molecule is CCn1cc(NCC(C)(C)CCC#N)cn1. The minimum atomic E-state index is 0.143. The number of aryl methyl sites for hydroxylation is 1. The van der Waals surface area contributed by atoms with Crippen LogP contribution in [0.2, 0.25) is 0 Å². The van der Waals surface area contributed by atoms with Crippen LogP contribution >= 0.6 is 0 Å². The standard InChI is InChI=1S/C12H20N4/c1-4-16-9-11(8-15-16)14-10-12(2,3)6-5-7-13/h8-9,14H,4-6,10H2,1-3H3. The summed E-state index contributed by atoms with van der Waals surface area (Å²) < 4.78 is 1.89. The third-order valence-electron chi connectivity index (χ3n) is 2.64. The van der Waals surface area contributed by atoms with Gasteiger partial charge in [-0.15, -0.1) is 0 Å². The van der Waals surface area contributed by atoms with Crippen molar-refractivity contribution >= 4 is 5.69 Å². The number of aromatic nitrogens is 2. The quantitative estimate of drug-likeness (QED) is 0.801. The van der Waals surface area contributed by atoms with Gasteiger partial charge in [-0.2, -0.15) is 10.4 Å². The highest BCUT2D eigenvalue weighted by atomic mass is 15.3. The van der Waals surface area contributed by atoms with Gasteiger partial charge in [0, 0.05) is 25.7 Å². The molecule has 1 aromatic heterocycles. The molecule has 0 aromatic carbocycles. The summed E-state index contributed by atoms with van der Waals surface area (Å²) >= 11 is 0. The highest BCUT2D eigenvalue weighted by Gasteiger charge is 2.17. The van der Waals surface area contributed by atoms with Crippen LogP contribution in [0.3, 0.4) is 0 Å². The van der Waals surface area contributed by atoms with Crippen molar-refractivity contribution < 1.29 is 0 Å². The van der Waals surface area contributed by atoms with Gasteiger partial charge in [-0.3, -0.25) is 4.68 Å². The lowest BCUT2D eigenvalue weighted by Crippen LogP contribution is -2.22. The topological polar surface area (TPSA) is 53.6 Å². The van der Waals surface area contributed by atoms with Gasteiger partial charge < -0.3 is 5.32 Å². The molecule has 0 spiro atoms. The van der Waals surface area contributed by atoms with E-state index in [0.29, 0.717) is 6.42 Å². The van der Waals surface area contributed by atoms with Crippen molar-refractivity contribution in [3.05, 3.63) is 12.4 Å². The molecule has 0 aliphatic heterocycles. The van der Waals surface area contributed by atoms with Crippen molar-refractivity contribution in [3.8, 4) is 6.07 Å². The molecule has 16 heavy (non-hydrogen) atoms. The van der Waals surface area contributed by atoms with Crippen LogP contribution in [0.5, 0.6) is 0 Å². The van der Waals surface area contributed by atoms with Crippen LogP contribution in [0.4, 0.5) is 5.69 Å². The number of hydrogen-bond acceptors (Lipinski definition) is 3. The number of hydrogen-bond donors (Lipinski definition) is 1. The third-order valence-corrected chi connectivity index (χ3v) is 2.64. The first-order chi connectivity index (χ1) is 7.57. The van der Waals surface area contributed by atoms with Crippen LogP contribution in [0.1, 0.15) is 33.6 Å². The highest BCUT2D eigenvalue weighted by molar-refractivity contribution is 5.38. The van der Waals surface area contributed by atoms with Crippen LogP contribution < -0.4 is 5.32 Å². The summed E-state index contributed by atoms with van der Waals surface area (Å²) in [5, 5.41) is 16.1. The molecule has 0 atom stereocenters. The number of nitriles is 1. The maximum Gasteiger partial charge on any atom is 0.0726 e. The second-order valence-electron chi connectivity index (χ2n) is 4.76. The van der Waals surface area contributed by atoms with E-state index in [2.05, 4.69) is 37.3 Å². The zero-order valence-electron chi connectivity index (χ0n) is 10.3. The molecular weight excluding hydrogens is 200 g/mol.